The van der Waals surface area contributed by atoms with Crippen LogP contribution in [0.15, 0.2) is 17.0 Å². The molecule has 0 aliphatic heterocycles. The molecule has 0 spiro atoms. The number of hydrogen-bond acceptors (Lipinski definition) is 3. The number of rotatable bonds is 7. The third-order valence-corrected chi connectivity index (χ3v) is 5.62. The molecule has 1 rings (SSSR count). The molecule has 0 saturated heterocycles. The van der Waals surface area contributed by atoms with Crippen LogP contribution >= 0.6 is 0 Å². The summed E-state index contributed by atoms with van der Waals surface area (Å²) in [7, 11) is -3.50. The zero-order chi connectivity index (χ0) is 16.3. The van der Waals surface area contributed by atoms with E-state index in [0.29, 0.717) is 11.4 Å². The first-order valence-corrected chi connectivity index (χ1v) is 8.96. The second-order valence-electron chi connectivity index (χ2n) is 6.17. The summed E-state index contributed by atoms with van der Waals surface area (Å²) < 4.78 is 28.1. The maximum absolute atomic E-state index is 12.6. The first-order valence-electron chi connectivity index (χ1n) is 7.47. The van der Waals surface area contributed by atoms with Gasteiger partial charge in [-0.2, -0.15) is 0 Å². The molecule has 0 unspecified atom stereocenters. The normalized spacial score (nSPS) is 12.7. The monoisotopic (exact) mass is 312 g/mol. The standard InChI is InChI=1S/C16H28N2O2S/c1-7-16(5,6)18-21(19,20)15-10-14(11-17-8-2)12(3)9-13(15)4/h9-10,17-18H,7-8,11H2,1-6H3. The molecule has 0 aliphatic rings. The van der Waals surface area contributed by atoms with E-state index in [-0.39, 0.29) is 0 Å². The van der Waals surface area contributed by atoms with Crippen molar-refractivity contribution in [3.05, 3.63) is 28.8 Å². The topological polar surface area (TPSA) is 58.2 Å². The van der Waals surface area contributed by atoms with Crippen molar-refractivity contribution in [3.8, 4) is 0 Å². The Balaban J connectivity index is 3.22. The van der Waals surface area contributed by atoms with Gasteiger partial charge < -0.3 is 5.32 Å². The molecule has 0 radical (unpaired) electrons. The molecule has 0 aromatic heterocycles. The highest BCUT2D eigenvalue weighted by Crippen LogP contribution is 2.22. The molecular formula is C16H28N2O2S. The summed E-state index contributed by atoms with van der Waals surface area (Å²) in [5, 5.41) is 3.25. The third kappa shape index (κ3) is 4.80. The van der Waals surface area contributed by atoms with Crippen LogP contribution < -0.4 is 10.0 Å². The summed E-state index contributed by atoms with van der Waals surface area (Å²) in [4.78, 5) is 0.377. The molecule has 2 N–H and O–H groups in total. The van der Waals surface area contributed by atoms with Crippen LogP contribution in [-0.4, -0.2) is 20.5 Å². The maximum Gasteiger partial charge on any atom is 0.241 e. The van der Waals surface area contributed by atoms with Gasteiger partial charge in [0.05, 0.1) is 4.90 Å². The highest BCUT2D eigenvalue weighted by atomic mass is 32.2. The molecule has 0 heterocycles. The molecular weight excluding hydrogens is 284 g/mol. The number of sulfonamides is 1. The zero-order valence-electron chi connectivity index (χ0n) is 14.0. The molecule has 0 bridgehead atoms. The van der Waals surface area contributed by atoms with Crippen molar-refractivity contribution >= 4 is 10.0 Å². The predicted octanol–water partition coefficient (Wildman–Crippen LogP) is 2.88. The lowest BCUT2D eigenvalue weighted by atomic mass is 10.0. The average molecular weight is 312 g/mol. The van der Waals surface area contributed by atoms with Crippen molar-refractivity contribution in [1.82, 2.24) is 10.0 Å². The number of aryl methyl sites for hydroxylation is 2. The van der Waals surface area contributed by atoms with Crippen LogP contribution in [0.3, 0.4) is 0 Å². The second-order valence-corrected chi connectivity index (χ2v) is 7.82. The van der Waals surface area contributed by atoms with E-state index in [1.807, 2.05) is 47.6 Å². The third-order valence-electron chi connectivity index (χ3n) is 3.78. The summed E-state index contributed by atoms with van der Waals surface area (Å²) in [6.07, 6.45) is 0.737. The van der Waals surface area contributed by atoms with Gasteiger partial charge in [-0.05, 0) is 63.4 Å². The van der Waals surface area contributed by atoms with Crippen LogP contribution in [0, 0.1) is 13.8 Å². The number of benzene rings is 1. The molecule has 1 aromatic rings. The Labute approximate surface area is 129 Å². The molecule has 1 aromatic carbocycles. The smallest absolute Gasteiger partial charge is 0.241 e. The van der Waals surface area contributed by atoms with E-state index in [0.717, 1.165) is 29.7 Å². The second kappa shape index (κ2) is 6.90. The van der Waals surface area contributed by atoms with Crippen LogP contribution in [0.4, 0.5) is 0 Å². The summed E-state index contributed by atoms with van der Waals surface area (Å²) in [6, 6.07) is 3.74. The Morgan fingerprint density at radius 1 is 1.10 bits per heavy atom. The molecule has 0 atom stereocenters. The molecule has 0 saturated carbocycles. The van der Waals surface area contributed by atoms with E-state index in [1.165, 1.54) is 0 Å². The van der Waals surface area contributed by atoms with Crippen LogP contribution in [0.5, 0.6) is 0 Å². The van der Waals surface area contributed by atoms with Crippen molar-refractivity contribution in [3.63, 3.8) is 0 Å². The first kappa shape index (κ1) is 18.1. The van der Waals surface area contributed by atoms with E-state index in [9.17, 15) is 8.42 Å². The molecule has 120 valence electrons. The molecule has 21 heavy (non-hydrogen) atoms. The minimum atomic E-state index is -3.50. The minimum Gasteiger partial charge on any atom is -0.313 e. The first-order chi connectivity index (χ1) is 9.63. The highest BCUT2D eigenvalue weighted by Gasteiger charge is 2.26. The lowest BCUT2D eigenvalue weighted by Gasteiger charge is -2.25. The summed E-state index contributed by atoms with van der Waals surface area (Å²) in [6.45, 7) is 13.2. The van der Waals surface area contributed by atoms with Gasteiger partial charge >= 0.3 is 0 Å². The van der Waals surface area contributed by atoms with Gasteiger partial charge in [-0.15, -0.1) is 0 Å². The van der Waals surface area contributed by atoms with Crippen molar-refractivity contribution in [2.24, 2.45) is 0 Å². The van der Waals surface area contributed by atoms with Crippen molar-refractivity contribution in [2.45, 2.75) is 64.9 Å². The highest BCUT2D eigenvalue weighted by molar-refractivity contribution is 7.89. The lowest BCUT2D eigenvalue weighted by Crippen LogP contribution is -2.42. The van der Waals surface area contributed by atoms with Gasteiger partial charge in [-0.25, -0.2) is 13.1 Å². The molecule has 0 amide bonds. The lowest BCUT2D eigenvalue weighted by molar-refractivity contribution is 0.439. The fraction of sp³-hybridized carbons (Fsp3) is 0.625. The van der Waals surface area contributed by atoms with Crippen molar-refractivity contribution < 1.29 is 8.42 Å². The maximum atomic E-state index is 12.6. The zero-order valence-corrected chi connectivity index (χ0v) is 14.8. The fourth-order valence-electron chi connectivity index (χ4n) is 2.11. The predicted molar refractivity (Wildman–Crippen MR) is 88.0 cm³/mol. The fourth-order valence-corrected chi connectivity index (χ4v) is 3.87. The van der Waals surface area contributed by atoms with Gasteiger partial charge in [0.15, 0.2) is 0 Å². The van der Waals surface area contributed by atoms with E-state index in [4.69, 9.17) is 0 Å². The summed E-state index contributed by atoms with van der Waals surface area (Å²) in [5.41, 5.74) is 2.48. The Bertz CT molecular complexity index is 593. The Morgan fingerprint density at radius 2 is 1.71 bits per heavy atom. The minimum absolute atomic E-state index is 0.377. The van der Waals surface area contributed by atoms with Gasteiger partial charge in [0.2, 0.25) is 10.0 Å². The number of nitrogens with one attached hydrogen (secondary N) is 2. The van der Waals surface area contributed by atoms with Gasteiger partial charge in [-0.3, -0.25) is 0 Å². The quantitative estimate of drug-likeness (QED) is 0.814. The SMILES string of the molecule is CCNCc1cc(S(=O)(=O)NC(C)(C)CC)c(C)cc1C. The van der Waals surface area contributed by atoms with Crippen LogP contribution in [0.1, 0.15) is 50.8 Å². The van der Waals surface area contributed by atoms with Crippen LogP contribution in [0.25, 0.3) is 0 Å². The molecule has 0 aliphatic carbocycles. The van der Waals surface area contributed by atoms with Crippen molar-refractivity contribution in [2.75, 3.05) is 6.54 Å². The van der Waals surface area contributed by atoms with E-state index >= 15 is 0 Å². The summed E-state index contributed by atoms with van der Waals surface area (Å²) >= 11 is 0. The molecule has 0 fully saturated rings. The van der Waals surface area contributed by atoms with E-state index in [2.05, 4.69) is 10.0 Å². The van der Waals surface area contributed by atoms with Gasteiger partial charge in [0.1, 0.15) is 0 Å². The van der Waals surface area contributed by atoms with Gasteiger partial charge in [0.25, 0.3) is 0 Å². The molecule has 4 nitrogen and oxygen atoms in total. The van der Waals surface area contributed by atoms with Gasteiger partial charge in [-0.1, -0.05) is 19.9 Å². The van der Waals surface area contributed by atoms with Crippen LogP contribution in [0.2, 0.25) is 0 Å². The van der Waals surface area contributed by atoms with Crippen LogP contribution in [-0.2, 0) is 16.6 Å². The molecule has 5 heteroatoms. The van der Waals surface area contributed by atoms with Crippen molar-refractivity contribution in [1.29, 1.82) is 0 Å². The largest absolute Gasteiger partial charge is 0.313 e. The Hall–Kier alpha value is -0.910. The average Bonchev–Trinajstić information content (AvgIpc) is 2.36. The summed E-state index contributed by atoms with van der Waals surface area (Å²) in [5.74, 6) is 0. The van der Waals surface area contributed by atoms with E-state index in [1.54, 1.807) is 6.07 Å². The Kier molecular flexibility index (Phi) is 5.96. The van der Waals surface area contributed by atoms with Gasteiger partial charge in [0, 0.05) is 12.1 Å². The number of hydrogen-bond donors (Lipinski definition) is 2. The van der Waals surface area contributed by atoms with E-state index < -0.39 is 15.6 Å². The Morgan fingerprint density at radius 3 is 2.24 bits per heavy atom.